The molecular formula is C26H38N2O4. The van der Waals surface area contributed by atoms with Crippen molar-refractivity contribution in [1.29, 1.82) is 0 Å². The van der Waals surface area contributed by atoms with Crippen LogP contribution in [0.15, 0.2) is 42.5 Å². The average Bonchev–Trinajstić information content (AvgIpc) is 2.81. The van der Waals surface area contributed by atoms with Crippen LogP contribution in [0.1, 0.15) is 37.0 Å². The second-order valence-corrected chi connectivity index (χ2v) is 8.20. The fourth-order valence-electron chi connectivity index (χ4n) is 4.39. The number of piperazine rings is 1. The predicted octanol–water partition coefficient (Wildman–Crippen LogP) is 3.70. The second-order valence-electron chi connectivity index (χ2n) is 8.20. The monoisotopic (exact) mass is 442 g/mol. The zero-order valence-corrected chi connectivity index (χ0v) is 19.8. The van der Waals surface area contributed by atoms with E-state index in [1.807, 2.05) is 32.0 Å². The Bertz CT molecular complexity index is 829. The van der Waals surface area contributed by atoms with E-state index in [0.29, 0.717) is 25.9 Å². The van der Waals surface area contributed by atoms with E-state index in [4.69, 9.17) is 14.2 Å². The van der Waals surface area contributed by atoms with E-state index in [1.165, 1.54) is 11.1 Å². The topological polar surface area (TPSA) is 54.4 Å². The summed E-state index contributed by atoms with van der Waals surface area (Å²) in [6.07, 6.45) is 0.769. The lowest BCUT2D eigenvalue weighted by molar-refractivity contribution is 0.0493. The highest BCUT2D eigenvalue weighted by Gasteiger charge is 2.27. The number of nitrogens with zero attached hydrogens (tertiary/aromatic N) is 2. The van der Waals surface area contributed by atoms with Crippen LogP contribution in [0.5, 0.6) is 11.5 Å². The van der Waals surface area contributed by atoms with E-state index in [1.54, 1.807) is 7.11 Å². The molecule has 6 nitrogen and oxygen atoms in total. The second kappa shape index (κ2) is 12.8. The van der Waals surface area contributed by atoms with Gasteiger partial charge in [-0.15, -0.1) is 0 Å². The minimum Gasteiger partial charge on any atom is -0.496 e. The van der Waals surface area contributed by atoms with Crippen LogP contribution in [0.2, 0.25) is 0 Å². The fourth-order valence-corrected chi connectivity index (χ4v) is 4.39. The molecule has 0 amide bonds. The van der Waals surface area contributed by atoms with Crippen LogP contribution in [0, 0.1) is 0 Å². The molecule has 1 unspecified atom stereocenters. The Hall–Kier alpha value is -2.12. The summed E-state index contributed by atoms with van der Waals surface area (Å²) in [5.41, 5.74) is 3.56. The van der Waals surface area contributed by atoms with Gasteiger partial charge in [-0.25, -0.2) is 0 Å². The van der Waals surface area contributed by atoms with Crippen LogP contribution < -0.4 is 9.47 Å². The smallest absolute Gasteiger partial charge is 0.124 e. The molecule has 1 aliphatic heterocycles. The van der Waals surface area contributed by atoms with Gasteiger partial charge in [-0.3, -0.25) is 9.80 Å². The van der Waals surface area contributed by atoms with Crippen molar-refractivity contribution in [2.75, 3.05) is 46.6 Å². The van der Waals surface area contributed by atoms with Crippen LogP contribution in [-0.2, 0) is 24.4 Å². The van der Waals surface area contributed by atoms with Crippen LogP contribution in [0.25, 0.3) is 0 Å². The number of hydrogen-bond acceptors (Lipinski definition) is 6. The van der Waals surface area contributed by atoms with Crippen LogP contribution in [0.4, 0.5) is 0 Å². The van der Waals surface area contributed by atoms with E-state index in [-0.39, 0.29) is 6.61 Å². The van der Waals surface area contributed by atoms with Crippen molar-refractivity contribution in [2.45, 2.75) is 46.0 Å². The Morgan fingerprint density at radius 3 is 2.56 bits per heavy atom. The molecule has 0 radical (unpaired) electrons. The Balaban J connectivity index is 1.66. The molecule has 2 aromatic rings. The van der Waals surface area contributed by atoms with Gasteiger partial charge in [0.15, 0.2) is 0 Å². The number of ether oxygens (including phenoxy) is 3. The lowest BCUT2D eigenvalue weighted by Gasteiger charge is -2.41. The summed E-state index contributed by atoms with van der Waals surface area (Å²) in [5.74, 6) is 1.83. The Morgan fingerprint density at radius 2 is 1.81 bits per heavy atom. The number of rotatable bonds is 12. The molecule has 32 heavy (non-hydrogen) atoms. The molecular weight excluding hydrogens is 404 g/mol. The Kier molecular flexibility index (Phi) is 9.81. The number of benzene rings is 2. The molecule has 1 aliphatic rings. The largest absolute Gasteiger partial charge is 0.496 e. The molecule has 0 bridgehead atoms. The van der Waals surface area contributed by atoms with E-state index in [0.717, 1.165) is 56.2 Å². The van der Waals surface area contributed by atoms with Gasteiger partial charge in [0.2, 0.25) is 0 Å². The predicted molar refractivity (Wildman–Crippen MR) is 127 cm³/mol. The molecule has 1 heterocycles. The third-order valence-corrected chi connectivity index (χ3v) is 6.01. The first-order valence-electron chi connectivity index (χ1n) is 11.7. The van der Waals surface area contributed by atoms with Crippen molar-refractivity contribution in [3.8, 4) is 11.5 Å². The van der Waals surface area contributed by atoms with Crippen molar-refractivity contribution in [3.63, 3.8) is 0 Å². The number of aliphatic hydroxyl groups excluding tert-OH is 1. The van der Waals surface area contributed by atoms with Crippen molar-refractivity contribution in [3.05, 3.63) is 59.2 Å². The summed E-state index contributed by atoms with van der Waals surface area (Å²) in [5, 5.41) is 9.70. The third kappa shape index (κ3) is 6.69. The van der Waals surface area contributed by atoms with Crippen LogP contribution in [0.3, 0.4) is 0 Å². The summed E-state index contributed by atoms with van der Waals surface area (Å²) in [7, 11) is 1.70. The highest BCUT2D eigenvalue weighted by molar-refractivity contribution is 5.37. The molecule has 0 aliphatic carbocycles. The third-order valence-electron chi connectivity index (χ3n) is 6.01. The molecule has 2 aromatic carbocycles. The fraction of sp³-hybridized carbons (Fsp3) is 0.538. The molecule has 0 spiro atoms. The maximum Gasteiger partial charge on any atom is 0.124 e. The first kappa shape index (κ1) is 24.5. The van der Waals surface area contributed by atoms with Gasteiger partial charge >= 0.3 is 0 Å². The molecule has 3 rings (SSSR count). The van der Waals surface area contributed by atoms with E-state index >= 15 is 0 Å². The van der Waals surface area contributed by atoms with Gasteiger partial charge in [0.05, 0.1) is 20.3 Å². The summed E-state index contributed by atoms with van der Waals surface area (Å²) in [6.45, 7) is 10.7. The van der Waals surface area contributed by atoms with Gasteiger partial charge in [-0.1, -0.05) is 24.3 Å². The first-order chi connectivity index (χ1) is 15.7. The maximum atomic E-state index is 9.70. The van der Waals surface area contributed by atoms with Gasteiger partial charge in [-0.05, 0) is 44.0 Å². The van der Waals surface area contributed by atoms with Crippen molar-refractivity contribution >= 4 is 0 Å². The molecule has 1 atom stereocenters. The maximum absolute atomic E-state index is 9.70. The summed E-state index contributed by atoms with van der Waals surface area (Å²) in [6, 6.07) is 15.0. The zero-order valence-electron chi connectivity index (χ0n) is 19.8. The van der Waals surface area contributed by atoms with Crippen LogP contribution in [-0.4, -0.2) is 67.5 Å². The molecule has 1 fully saturated rings. The van der Waals surface area contributed by atoms with Gasteiger partial charge < -0.3 is 19.3 Å². The van der Waals surface area contributed by atoms with Crippen molar-refractivity contribution < 1.29 is 19.3 Å². The van der Waals surface area contributed by atoms with Crippen molar-refractivity contribution in [1.82, 2.24) is 9.80 Å². The minimum atomic E-state index is 0.198. The normalized spacial score (nSPS) is 17.4. The van der Waals surface area contributed by atoms with Crippen LogP contribution >= 0.6 is 0 Å². The highest BCUT2D eigenvalue weighted by Crippen LogP contribution is 2.25. The number of aliphatic hydroxyl groups is 1. The van der Waals surface area contributed by atoms with E-state index < -0.39 is 0 Å². The van der Waals surface area contributed by atoms with E-state index in [9.17, 15) is 5.11 Å². The van der Waals surface area contributed by atoms with Gasteiger partial charge in [-0.2, -0.15) is 0 Å². The molecule has 176 valence electrons. The quantitative estimate of drug-likeness (QED) is 0.541. The summed E-state index contributed by atoms with van der Waals surface area (Å²) < 4.78 is 16.9. The standard InChI is InChI=1S/C26H38N2O4/c1-4-31-20-23-16-21(10-11-25(23)30-3)17-27-13-14-28(24(19-27)12-15-29)18-22-8-6-7-9-26(22)32-5-2/h6-11,16,24,29H,4-5,12-15,17-20H2,1-3H3. The molecule has 1 saturated heterocycles. The highest BCUT2D eigenvalue weighted by atomic mass is 16.5. The molecule has 0 saturated carbocycles. The molecule has 0 aromatic heterocycles. The Morgan fingerprint density at radius 1 is 0.969 bits per heavy atom. The summed E-state index contributed by atoms with van der Waals surface area (Å²) in [4.78, 5) is 4.97. The van der Waals surface area contributed by atoms with Gasteiger partial charge in [0.1, 0.15) is 11.5 Å². The van der Waals surface area contributed by atoms with Gasteiger partial charge in [0, 0.05) is 63.1 Å². The zero-order chi connectivity index (χ0) is 22.8. The van der Waals surface area contributed by atoms with Gasteiger partial charge in [0.25, 0.3) is 0 Å². The lowest BCUT2D eigenvalue weighted by Crippen LogP contribution is -2.52. The number of para-hydroxylation sites is 1. The average molecular weight is 443 g/mol. The van der Waals surface area contributed by atoms with E-state index in [2.05, 4.69) is 34.1 Å². The van der Waals surface area contributed by atoms with Crippen molar-refractivity contribution in [2.24, 2.45) is 0 Å². The Labute approximate surface area is 192 Å². The molecule has 1 N–H and O–H groups in total. The first-order valence-corrected chi connectivity index (χ1v) is 11.7. The number of hydrogen-bond donors (Lipinski definition) is 1. The summed E-state index contributed by atoms with van der Waals surface area (Å²) >= 11 is 0. The minimum absolute atomic E-state index is 0.198. The number of methoxy groups -OCH3 is 1. The lowest BCUT2D eigenvalue weighted by atomic mass is 10.0. The molecule has 6 heteroatoms. The SMILES string of the molecule is CCOCc1cc(CN2CCN(Cc3ccccc3OCC)C(CCO)C2)ccc1OC.